The zero-order valence-electron chi connectivity index (χ0n) is 14.4. The number of carbonyl (C=O) groups is 2. The Morgan fingerprint density at radius 3 is 2.68 bits per heavy atom. The molecule has 1 fully saturated rings. The highest BCUT2D eigenvalue weighted by atomic mass is 32.2. The highest BCUT2D eigenvalue weighted by Gasteiger charge is 2.43. The summed E-state index contributed by atoms with van der Waals surface area (Å²) in [5, 5.41) is 11.3. The van der Waals surface area contributed by atoms with Crippen LogP contribution >= 0.6 is 11.8 Å². The predicted molar refractivity (Wildman–Crippen MR) is 94.1 cm³/mol. The lowest BCUT2D eigenvalue weighted by atomic mass is 10.1. The van der Waals surface area contributed by atoms with Crippen LogP contribution in [0.4, 0.5) is 4.79 Å². The van der Waals surface area contributed by atoms with Crippen LogP contribution in [-0.2, 0) is 4.79 Å². The number of hydrogen-bond donors (Lipinski definition) is 1. The summed E-state index contributed by atoms with van der Waals surface area (Å²) < 4.78 is 5.68. The number of aromatic nitrogens is 2. The Morgan fingerprint density at radius 1 is 1.24 bits per heavy atom. The molecule has 0 bridgehead atoms. The van der Waals surface area contributed by atoms with Crippen molar-refractivity contribution in [3.8, 4) is 11.5 Å². The number of hydrogen-bond acceptors (Lipinski definition) is 6. The largest absolute Gasteiger partial charge is 0.411 e. The molecule has 1 N–H and O–H groups in total. The number of rotatable bonds is 6. The fourth-order valence-electron chi connectivity index (χ4n) is 2.59. The molecule has 0 aliphatic carbocycles. The number of amides is 3. The Bertz CT molecular complexity index is 803. The first-order valence-corrected chi connectivity index (χ1v) is 9.03. The maximum atomic E-state index is 12.1. The molecule has 7 nitrogen and oxygen atoms in total. The molecule has 0 unspecified atom stereocenters. The zero-order chi connectivity index (χ0) is 18.0. The monoisotopic (exact) mass is 360 g/mol. The third-order valence-electron chi connectivity index (χ3n) is 3.98. The summed E-state index contributed by atoms with van der Waals surface area (Å²) in [7, 11) is 0. The van der Waals surface area contributed by atoms with E-state index in [-0.39, 0.29) is 11.9 Å². The van der Waals surface area contributed by atoms with Crippen LogP contribution in [0.1, 0.15) is 25.8 Å². The first-order valence-electron chi connectivity index (χ1n) is 8.05. The van der Waals surface area contributed by atoms with Crippen LogP contribution in [0.3, 0.4) is 0 Å². The summed E-state index contributed by atoms with van der Waals surface area (Å²) >= 11 is 1.42. The van der Waals surface area contributed by atoms with Gasteiger partial charge in [-0.05, 0) is 38.8 Å². The molecule has 8 heteroatoms. The second kappa shape index (κ2) is 6.87. The summed E-state index contributed by atoms with van der Waals surface area (Å²) in [6.07, 6.45) is 0.655. The molecule has 1 aromatic heterocycles. The van der Waals surface area contributed by atoms with E-state index < -0.39 is 5.54 Å². The number of nitrogens with one attached hydrogen (secondary N) is 1. The molecule has 3 amide bonds. The van der Waals surface area contributed by atoms with E-state index in [2.05, 4.69) is 15.5 Å². The lowest BCUT2D eigenvalue weighted by Gasteiger charge is -2.15. The predicted octanol–water partition coefficient (Wildman–Crippen LogP) is 2.86. The molecule has 1 aliphatic heterocycles. The van der Waals surface area contributed by atoms with Gasteiger partial charge in [-0.1, -0.05) is 30.0 Å². The molecule has 0 radical (unpaired) electrons. The maximum absolute atomic E-state index is 12.1. The zero-order valence-corrected chi connectivity index (χ0v) is 15.2. The van der Waals surface area contributed by atoms with Crippen LogP contribution in [0, 0.1) is 6.92 Å². The summed E-state index contributed by atoms with van der Waals surface area (Å²) in [5.41, 5.74) is 1.17. The summed E-state index contributed by atoms with van der Waals surface area (Å²) in [4.78, 5) is 25.1. The lowest BCUT2D eigenvalue weighted by Crippen LogP contribution is -2.40. The van der Waals surface area contributed by atoms with Crippen molar-refractivity contribution >= 4 is 23.7 Å². The molecule has 1 aromatic carbocycles. The molecule has 3 rings (SSSR count). The first kappa shape index (κ1) is 17.5. The Morgan fingerprint density at radius 2 is 2.00 bits per heavy atom. The van der Waals surface area contributed by atoms with E-state index >= 15 is 0 Å². The Balaban J connectivity index is 1.51. The maximum Gasteiger partial charge on any atom is 0.325 e. The highest BCUT2D eigenvalue weighted by molar-refractivity contribution is 7.99. The van der Waals surface area contributed by atoms with Crippen LogP contribution in [-0.4, -0.2) is 44.9 Å². The fourth-order valence-corrected chi connectivity index (χ4v) is 3.28. The van der Waals surface area contributed by atoms with Gasteiger partial charge in [-0.15, -0.1) is 10.2 Å². The van der Waals surface area contributed by atoms with Crippen molar-refractivity contribution in [1.29, 1.82) is 0 Å². The summed E-state index contributed by atoms with van der Waals surface area (Å²) in [6.45, 7) is 5.77. The second-order valence-electron chi connectivity index (χ2n) is 6.40. The standard InChI is InChI=1S/C17H20N4O3S/c1-11-7-4-5-8-12(11)13-19-20-16(24-13)25-10-6-9-21-14(22)17(2,3)18-15(21)23/h4-5,7-8H,6,9-10H2,1-3H3,(H,18,23). The van der Waals surface area contributed by atoms with E-state index in [9.17, 15) is 9.59 Å². The van der Waals surface area contributed by atoms with Gasteiger partial charge in [0.2, 0.25) is 5.89 Å². The van der Waals surface area contributed by atoms with E-state index in [1.807, 2.05) is 31.2 Å². The number of aryl methyl sites for hydroxylation is 1. The van der Waals surface area contributed by atoms with E-state index in [0.29, 0.717) is 29.8 Å². The van der Waals surface area contributed by atoms with Gasteiger partial charge in [-0.3, -0.25) is 9.69 Å². The van der Waals surface area contributed by atoms with Crippen LogP contribution in [0.2, 0.25) is 0 Å². The third kappa shape index (κ3) is 3.68. The minimum absolute atomic E-state index is 0.192. The Hall–Kier alpha value is -2.35. The van der Waals surface area contributed by atoms with Crippen molar-refractivity contribution in [1.82, 2.24) is 20.4 Å². The fraction of sp³-hybridized carbons (Fsp3) is 0.412. The first-order chi connectivity index (χ1) is 11.9. The molecular formula is C17H20N4O3S. The minimum atomic E-state index is -0.820. The molecule has 1 saturated heterocycles. The van der Waals surface area contributed by atoms with Gasteiger partial charge in [-0.25, -0.2) is 4.79 Å². The van der Waals surface area contributed by atoms with E-state index in [0.717, 1.165) is 11.1 Å². The Kier molecular flexibility index (Phi) is 4.80. The minimum Gasteiger partial charge on any atom is -0.411 e. The molecule has 2 aromatic rings. The molecule has 2 heterocycles. The van der Waals surface area contributed by atoms with Crippen LogP contribution in [0.5, 0.6) is 0 Å². The number of thioether (sulfide) groups is 1. The molecule has 25 heavy (non-hydrogen) atoms. The van der Waals surface area contributed by atoms with Gasteiger partial charge in [0, 0.05) is 17.9 Å². The van der Waals surface area contributed by atoms with Crippen LogP contribution < -0.4 is 5.32 Å². The van der Waals surface area contributed by atoms with Crippen LogP contribution in [0.25, 0.3) is 11.5 Å². The van der Waals surface area contributed by atoms with Crippen molar-refractivity contribution in [2.45, 2.75) is 38.0 Å². The number of benzene rings is 1. The van der Waals surface area contributed by atoms with Gasteiger partial charge in [0.25, 0.3) is 11.1 Å². The van der Waals surface area contributed by atoms with Crippen molar-refractivity contribution in [2.75, 3.05) is 12.3 Å². The molecule has 132 valence electrons. The quantitative estimate of drug-likeness (QED) is 0.484. The third-order valence-corrected chi connectivity index (χ3v) is 4.88. The van der Waals surface area contributed by atoms with Gasteiger partial charge >= 0.3 is 6.03 Å². The number of carbonyl (C=O) groups excluding carboxylic acids is 2. The lowest BCUT2D eigenvalue weighted by molar-refractivity contribution is -0.130. The van der Waals surface area contributed by atoms with Gasteiger partial charge < -0.3 is 9.73 Å². The molecular weight excluding hydrogens is 340 g/mol. The molecule has 0 spiro atoms. The molecule has 0 atom stereocenters. The van der Waals surface area contributed by atoms with Crippen molar-refractivity contribution in [3.63, 3.8) is 0 Å². The van der Waals surface area contributed by atoms with Gasteiger partial charge in [0.05, 0.1) is 0 Å². The van der Waals surface area contributed by atoms with Gasteiger partial charge in [-0.2, -0.15) is 0 Å². The summed E-state index contributed by atoms with van der Waals surface area (Å²) in [5.74, 6) is 0.978. The number of nitrogens with zero attached hydrogens (tertiary/aromatic N) is 3. The van der Waals surface area contributed by atoms with Crippen molar-refractivity contribution < 1.29 is 14.0 Å². The average molecular weight is 360 g/mol. The van der Waals surface area contributed by atoms with E-state index in [1.165, 1.54) is 16.7 Å². The average Bonchev–Trinajstić information content (AvgIpc) is 3.09. The van der Waals surface area contributed by atoms with Gasteiger partial charge in [0.15, 0.2) is 0 Å². The van der Waals surface area contributed by atoms with Crippen molar-refractivity contribution in [2.24, 2.45) is 0 Å². The molecule has 1 aliphatic rings. The van der Waals surface area contributed by atoms with E-state index in [4.69, 9.17) is 4.42 Å². The normalized spacial score (nSPS) is 16.4. The van der Waals surface area contributed by atoms with Gasteiger partial charge in [0.1, 0.15) is 5.54 Å². The highest BCUT2D eigenvalue weighted by Crippen LogP contribution is 2.26. The number of urea groups is 1. The van der Waals surface area contributed by atoms with Crippen LogP contribution in [0.15, 0.2) is 33.9 Å². The van der Waals surface area contributed by atoms with Crippen molar-refractivity contribution in [3.05, 3.63) is 29.8 Å². The SMILES string of the molecule is Cc1ccccc1-c1nnc(SCCCN2C(=O)NC(C)(C)C2=O)o1. The Labute approximate surface area is 150 Å². The number of imide groups is 1. The molecule has 0 saturated carbocycles. The smallest absolute Gasteiger partial charge is 0.325 e. The second-order valence-corrected chi connectivity index (χ2v) is 7.45. The topological polar surface area (TPSA) is 88.3 Å². The summed E-state index contributed by atoms with van der Waals surface area (Å²) in [6, 6.07) is 7.49. The van der Waals surface area contributed by atoms with E-state index in [1.54, 1.807) is 13.8 Å².